The van der Waals surface area contributed by atoms with E-state index in [1.54, 1.807) is 31.0 Å². The van der Waals surface area contributed by atoms with Gasteiger partial charge in [0.15, 0.2) is 0 Å². The van der Waals surface area contributed by atoms with E-state index in [0.29, 0.717) is 5.82 Å². The summed E-state index contributed by atoms with van der Waals surface area (Å²) >= 11 is 0. The second kappa shape index (κ2) is 3.57. The number of hydrogen-bond acceptors (Lipinski definition) is 5. The minimum Gasteiger partial charge on any atom is -0.336 e. The number of aromatic nitrogens is 4. The van der Waals surface area contributed by atoms with Crippen LogP contribution in [-0.2, 0) is 0 Å². The topological polar surface area (TPSA) is 63.6 Å². The maximum absolute atomic E-state index is 4.04. The van der Waals surface area contributed by atoms with E-state index in [0.717, 1.165) is 5.69 Å². The van der Waals surface area contributed by atoms with Gasteiger partial charge in [0.05, 0.1) is 24.3 Å². The Balaban J connectivity index is 2.16. The molecule has 2 aromatic rings. The number of nitrogens with one attached hydrogen (secondary N) is 1. The lowest BCUT2D eigenvalue weighted by Gasteiger charge is -2.01. The average molecular weight is 173 g/mol. The first kappa shape index (κ1) is 7.60. The van der Waals surface area contributed by atoms with Crippen LogP contribution in [0.15, 0.2) is 37.3 Å². The zero-order valence-electron chi connectivity index (χ0n) is 6.75. The quantitative estimate of drug-likeness (QED) is 0.734. The number of nitrogens with zero attached hydrogens (tertiary/aromatic N) is 4. The standard InChI is InChI=1S/C8H7N5/c1-2-12-8(5-9-1)13-7-3-10-6-11-4-7/h1-6H,(H,12,13). The van der Waals surface area contributed by atoms with Gasteiger partial charge in [-0.2, -0.15) is 0 Å². The van der Waals surface area contributed by atoms with Crippen LogP contribution in [0.5, 0.6) is 0 Å². The lowest BCUT2D eigenvalue weighted by Crippen LogP contribution is -1.94. The summed E-state index contributed by atoms with van der Waals surface area (Å²) in [4.78, 5) is 15.7. The van der Waals surface area contributed by atoms with E-state index >= 15 is 0 Å². The van der Waals surface area contributed by atoms with Crippen LogP contribution < -0.4 is 5.32 Å². The van der Waals surface area contributed by atoms with Crippen molar-refractivity contribution in [2.24, 2.45) is 0 Å². The van der Waals surface area contributed by atoms with E-state index in [1.807, 2.05) is 0 Å². The zero-order valence-corrected chi connectivity index (χ0v) is 6.75. The molecule has 0 amide bonds. The normalized spacial score (nSPS) is 9.54. The minimum absolute atomic E-state index is 0.678. The Bertz CT molecular complexity index is 323. The first-order chi connectivity index (χ1) is 6.45. The van der Waals surface area contributed by atoms with Crippen molar-refractivity contribution in [2.45, 2.75) is 0 Å². The van der Waals surface area contributed by atoms with E-state index in [9.17, 15) is 0 Å². The molecule has 13 heavy (non-hydrogen) atoms. The zero-order chi connectivity index (χ0) is 8.93. The van der Waals surface area contributed by atoms with Crippen molar-refractivity contribution in [3.8, 4) is 0 Å². The molecule has 0 atom stereocenters. The fourth-order valence-corrected chi connectivity index (χ4v) is 0.875. The van der Waals surface area contributed by atoms with Crippen molar-refractivity contribution in [1.29, 1.82) is 0 Å². The molecule has 0 aromatic carbocycles. The molecule has 0 aliphatic carbocycles. The Morgan fingerprint density at radius 2 is 1.77 bits per heavy atom. The van der Waals surface area contributed by atoms with E-state index in [-0.39, 0.29) is 0 Å². The van der Waals surface area contributed by atoms with E-state index in [2.05, 4.69) is 25.3 Å². The third-order valence-corrected chi connectivity index (χ3v) is 1.40. The fourth-order valence-electron chi connectivity index (χ4n) is 0.875. The van der Waals surface area contributed by atoms with Crippen molar-refractivity contribution in [2.75, 3.05) is 5.32 Å². The molecule has 0 radical (unpaired) electrons. The van der Waals surface area contributed by atoms with E-state index in [4.69, 9.17) is 0 Å². The highest BCUT2D eigenvalue weighted by atomic mass is 15.0. The Morgan fingerprint density at radius 3 is 2.46 bits per heavy atom. The summed E-state index contributed by atoms with van der Waals surface area (Å²) in [7, 11) is 0. The van der Waals surface area contributed by atoms with Gasteiger partial charge >= 0.3 is 0 Å². The van der Waals surface area contributed by atoms with Gasteiger partial charge in [0, 0.05) is 12.4 Å². The summed E-state index contributed by atoms with van der Waals surface area (Å²) in [5.41, 5.74) is 0.794. The molecule has 0 unspecified atom stereocenters. The van der Waals surface area contributed by atoms with Gasteiger partial charge < -0.3 is 5.32 Å². The molecular weight excluding hydrogens is 166 g/mol. The summed E-state index contributed by atoms with van der Waals surface area (Å²) in [5, 5.41) is 3.01. The summed E-state index contributed by atoms with van der Waals surface area (Å²) in [6, 6.07) is 0. The second-order valence-corrected chi connectivity index (χ2v) is 2.34. The molecule has 0 fully saturated rings. The molecule has 1 N–H and O–H groups in total. The molecule has 0 saturated carbocycles. The first-order valence-electron chi connectivity index (χ1n) is 3.73. The molecular formula is C8H7N5. The average Bonchev–Trinajstić information content (AvgIpc) is 2.21. The third-order valence-electron chi connectivity index (χ3n) is 1.40. The highest BCUT2D eigenvalue weighted by Crippen LogP contribution is 2.08. The smallest absolute Gasteiger partial charge is 0.148 e. The Morgan fingerprint density at radius 1 is 0.923 bits per heavy atom. The SMILES string of the molecule is c1cnc(Nc2cncnc2)cn1. The Labute approximate surface area is 74.9 Å². The van der Waals surface area contributed by atoms with Gasteiger partial charge in [0.2, 0.25) is 0 Å². The van der Waals surface area contributed by atoms with Gasteiger partial charge in [-0.15, -0.1) is 0 Å². The van der Waals surface area contributed by atoms with Crippen LogP contribution in [-0.4, -0.2) is 19.9 Å². The molecule has 5 nitrogen and oxygen atoms in total. The maximum Gasteiger partial charge on any atom is 0.148 e. The summed E-state index contributed by atoms with van der Waals surface area (Å²) < 4.78 is 0. The van der Waals surface area contributed by atoms with Crippen LogP contribution in [0, 0.1) is 0 Å². The summed E-state index contributed by atoms with van der Waals surface area (Å²) in [6.07, 6.45) is 9.68. The fraction of sp³-hybridized carbons (Fsp3) is 0. The Kier molecular flexibility index (Phi) is 2.09. The van der Waals surface area contributed by atoms with Crippen LogP contribution >= 0.6 is 0 Å². The molecule has 0 saturated heterocycles. The molecule has 5 heteroatoms. The largest absolute Gasteiger partial charge is 0.336 e. The minimum atomic E-state index is 0.678. The van der Waals surface area contributed by atoms with Crippen LogP contribution in [0.2, 0.25) is 0 Å². The van der Waals surface area contributed by atoms with Gasteiger partial charge in [0.1, 0.15) is 12.1 Å². The van der Waals surface area contributed by atoms with Gasteiger partial charge in [-0.3, -0.25) is 4.98 Å². The molecule has 0 bridgehead atoms. The van der Waals surface area contributed by atoms with Gasteiger partial charge in [-0.1, -0.05) is 0 Å². The molecule has 0 spiro atoms. The molecule has 2 aromatic heterocycles. The van der Waals surface area contributed by atoms with Crippen LogP contribution in [0.1, 0.15) is 0 Å². The highest BCUT2D eigenvalue weighted by molar-refractivity contribution is 5.51. The van der Waals surface area contributed by atoms with Gasteiger partial charge in [-0.25, -0.2) is 15.0 Å². The van der Waals surface area contributed by atoms with Crippen molar-refractivity contribution in [3.05, 3.63) is 37.3 Å². The maximum atomic E-state index is 4.04. The lowest BCUT2D eigenvalue weighted by molar-refractivity contribution is 1.15. The predicted molar refractivity (Wildman–Crippen MR) is 47.3 cm³/mol. The summed E-state index contributed by atoms with van der Waals surface area (Å²) in [6.45, 7) is 0. The van der Waals surface area contributed by atoms with Gasteiger partial charge in [-0.05, 0) is 0 Å². The monoisotopic (exact) mass is 173 g/mol. The molecule has 2 rings (SSSR count). The van der Waals surface area contributed by atoms with E-state index in [1.165, 1.54) is 6.33 Å². The van der Waals surface area contributed by atoms with Crippen molar-refractivity contribution < 1.29 is 0 Å². The van der Waals surface area contributed by atoms with Crippen LogP contribution in [0.3, 0.4) is 0 Å². The summed E-state index contributed by atoms with van der Waals surface area (Å²) in [5.74, 6) is 0.678. The first-order valence-corrected chi connectivity index (χ1v) is 3.73. The predicted octanol–water partition coefficient (Wildman–Crippen LogP) is 1.01. The molecule has 64 valence electrons. The van der Waals surface area contributed by atoms with Gasteiger partial charge in [0.25, 0.3) is 0 Å². The Hall–Kier alpha value is -2.04. The molecule has 0 aliphatic heterocycles. The lowest BCUT2D eigenvalue weighted by atomic mass is 10.5. The highest BCUT2D eigenvalue weighted by Gasteiger charge is 1.93. The van der Waals surface area contributed by atoms with Crippen LogP contribution in [0.25, 0.3) is 0 Å². The number of anilines is 2. The van der Waals surface area contributed by atoms with E-state index < -0.39 is 0 Å². The number of rotatable bonds is 2. The van der Waals surface area contributed by atoms with Crippen molar-refractivity contribution >= 4 is 11.5 Å². The molecule has 0 aliphatic rings. The van der Waals surface area contributed by atoms with Crippen LogP contribution in [0.4, 0.5) is 11.5 Å². The molecule has 2 heterocycles. The number of hydrogen-bond donors (Lipinski definition) is 1. The van der Waals surface area contributed by atoms with Crippen molar-refractivity contribution in [1.82, 2.24) is 19.9 Å². The second-order valence-electron chi connectivity index (χ2n) is 2.34. The van der Waals surface area contributed by atoms with Crippen molar-refractivity contribution in [3.63, 3.8) is 0 Å². The third kappa shape index (κ3) is 1.96.